The molecule has 104 valence electrons. The Bertz CT molecular complexity index is 403. The molecule has 3 rings (SSSR count). The van der Waals surface area contributed by atoms with E-state index in [1.165, 1.54) is 17.9 Å². The van der Waals surface area contributed by atoms with Gasteiger partial charge in [0.15, 0.2) is 5.82 Å². The van der Waals surface area contributed by atoms with Gasteiger partial charge in [-0.05, 0) is 25.0 Å². The lowest BCUT2D eigenvalue weighted by atomic mass is 10.1. The smallest absolute Gasteiger partial charge is 0.316 e. The molecule has 2 aliphatic rings. The van der Waals surface area contributed by atoms with E-state index >= 15 is 0 Å². The van der Waals surface area contributed by atoms with Crippen LogP contribution in [0.1, 0.15) is 19.3 Å². The van der Waals surface area contributed by atoms with E-state index in [9.17, 15) is 4.39 Å². The largest absolute Gasteiger partial charge is 0.460 e. The van der Waals surface area contributed by atoms with Crippen LogP contribution in [-0.4, -0.2) is 51.6 Å². The van der Waals surface area contributed by atoms with Gasteiger partial charge in [-0.25, -0.2) is 14.4 Å². The quantitative estimate of drug-likeness (QED) is 0.848. The summed E-state index contributed by atoms with van der Waals surface area (Å²) >= 11 is 2.05. The average Bonchev–Trinajstić information content (AvgIpc) is 2.96. The van der Waals surface area contributed by atoms with Crippen LogP contribution in [0.2, 0.25) is 0 Å². The summed E-state index contributed by atoms with van der Waals surface area (Å²) in [5, 5.41) is 0. The second-order valence-corrected chi connectivity index (χ2v) is 6.20. The summed E-state index contributed by atoms with van der Waals surface area (Å²) in [5.74, 6) is 2.14. The van der Waals surface area contributed by atoms with Gasteiger partial charge in [-0.2, -0.15) is 11.8 Å². The number of piperidine rings is 1. The number of hydrogen-bond donors (Lipinski definition) is 0. The van der Waals surface area contributed by atoms with E-state index in [-0.39, 0.29) is 12.1 Å². The highest BCUT2D eigenvalue weighted by Crippen LogP contribution is 2.25. The predicted octanol–water partition coefficient (Wildman–Crippen LogP) is 1.96. The van der Waals surface area contributed by atoms with Crippen LogP contribution in [-0.2, 0) is 0 Å². The molecule has 0 saturated carbocycles. The van der Waals surface area contributed by atoms with Crippen LogP contribution in [0, 0.1) is 5.82 Å². The van der Waals surface area contributed by atoms with Gasteiger partial charge in [0.2, 0.25) is 0 Å². The lowest BCUT2D eigenvalue weighted by Crippen LogP contribution is -2.44. The molecule has 4 nitrogen and oxygen atoms in total. The van der Waals surface area contributed by atoms with Crippen molar-refractivity contribution in [2.24, 2.45) is 0 Å². The molecule has 2 saturated heterocycles. The molecular formula is C13H18FN3OS. The Morgan fingerprint density at radius 1 is 1.21 bits per heavy atom. The Labute approximate surface area is 116 Å². The van der Waals surface area contributed by atoms with E-state index in [1.54, 1.807) is 0 Å². The lowest BCUT2D eigenvalue weighted by Gasteiger charge is -2.35. The molecule has 2 fully saturated rings. The maximum absolute atomic E-state index is 12.7. The molecule has 1 unspecified atom stereocenters. The van der Waals surface area contributed by atoms with E-state index in [4.69, 9.17) is 4.74 Å². The van der Waals surface area contributed by atoms with Gasteiger partial charge in [0.1, 0.15) is 6.10 Å². The Morgan fingerprint density at radius 3 is 2.58 bits per heavy atom. The van der Waals surface area contributed by atoms with Gasteiger partial charge in [-0.3, -0.25) is 4.90 Å². The molecule has 0 N–H and O–H groups in total. The normalized spacial score (nSPS) is 25.6. The van der Waals surface area contributed by atoms with E-state index in [0.29, 0.717) is 0 Å². The van der Waals surface area contributed by atoms with Gasteiger partial charge in [0, 0.05) is 24.9 Å². The summed E-state index contributed by atoms with van der Waals surface area (Å²) in [6.45, 7) is 2.16. The second-order valence-electron chi connectivity index (χ2n) is 5.05. The summed E-state index contributed by atoms with van der Waals surface area (Å²) in [4.78, 5) is 10.3. The number of aromatic nitrogens is 2. The number of nitrogens with zero attached hydrogens (tertiary/aromatic N) is 3. The Morgan fingerprint density at radius 2 is 1.95 bits per heavy atom. The molecule has 1 aromatic rings. The molecule has 0 radical (unpaired) electrons. The minimum atomic E-state index is -0.430. The molecule has 1 atom stereocenters. The van der Waals surface area contributed by atoms with Crippen molar-refractivity contribution in [3.63, 3.8) is 0 Å². The van der Waals surface area contributed by atoms with E-state index < -0.39 is 5.82 Å². The second kappa shape index (κ2) is 6.05. The van der Waals surface area contributed by atoms with Gasteiger partial charge < -0.3 is 4.74 Å². The molecule has 19 heavy (non-hydrogen) atoms. The fourth-order valence-electron chi connectivity index (χ4n) is 2.68. The van der Waals surface area contributed by atoms with E-state index in [1.807, 2.05) is 0 Å². The third-order valence-electron chi connectivity index (χ3n) is 3.77. The zero-order valence-corrected chi connectivity index (χ0v) is 11.6. The summed E-state index contributed by atoms with van der Waals surface area (Å²) in [7, 11) is 0. The van der Waals surface area contributed by atoms with Crippen molar-refractivity contribution in [1.82, 2.24) is 14.9 Å². The van der Waals surface area contributed by atoms with Crippen LogP contribution < -0.4 is 4.74 Å². The molecule has 0 aliphatic carbocycles. The zero-order valence-electron chi connectivity index (χ0n) is 10.8. The topological polar surface area (TPSA) is 38.2 Å². The molecule has 1 aromatic heterocycles. The number of likely N-dealkylation sites (tertiary alicyclic amines) is 1. The third kappa shape index (κ3) is 3.36. The van der Waals surface area contributed by atoms with Crippen molar-refractivity contribution >= 4 is 11.8 Å². The maximum atomic E-state index is 12.7. The molecule has 3 heterocycles. The van der Waals surface area contributed by atoms with Crippen LogP contribution in [0.3, 0.4) is 0 Å². The molecule has 0 bridgehead atoms. The van der Waals surface area contributed by atoms with Crippen LogP contribution in [0.25, 0.3) is 0 Å². The van der Waals surface area contributed by atoms with Crippen LogP contribution in [0.15, 0.2) is 12.4 Å². The average molecular weight is 283 g/mol. The van der Waals surface area contributed by atoms with Gasteiger partial charge in [0.25, 0.3) is 0 Å². The maximum Gasteiger partial charge on any atom is 0.316 e. The SMILES string of the molecule is Fc1cnc(OC2CCN(C3CCSC3)CC2)nc1. The summed E-state index contributed by atoms with van der Waals surface area (Å²) in [6, 6.07) is 1.05. The van der Waals surface area contributed by atoms with Gasteiger partial charge >= 0.3 is 6.01 Å². The third-order valence-corrected chi connectivity index (χ3v) is 4.91. The van der Waals surface area contributed by atoms with Crippen molar-refractivity contribution in [1.29, 1.82) is 0 Å². The van der Waals surface area contributed by atoms with E-state index in [0.717, 1.165) is 44.4 Å². The molecule has 6 heteroatoms. The highest BCUT2D eigenvalue weighted by atomic mass is 32.2. The first-order valence-corrected chi connectivity index (χ1v) is 7.93. The molecule has 0 amide bonds. The first-order valence-electron chi connectivity index (χ1n) is 6.77. The molecular weight excluding hydrogens is 265 g/mol. The molecule has 0 aromatic carbocycles. The van der Waals surface area contributed by atoms with Crippen molar-refractivity contribution < 1.29 is 9.13 Å². The van der Waals surface area contributed by atoms with Gasteiger partial charge in [-0.15, -0.1) is 0 Å². The first kappa shape index (κ1) is 13.1. The molecule has 2 aliphatic heterocycles. The number of ether oxygens (including phenoxy) is 1. The Hall–Kier alpha value is -0.880. The minimum absolute atomic E-state index is 0.163. The van der Waals surface area contributed by atoms with Crippen molar-refractivity contribution in [3.8, 4) is 6.01 Å². The summed E-state index contributed by atoms with van der Waals surface area (Å²) < 4.78 is 18.4. The van der Waals surface area contributed by atoms with Crippen LogP contribution >= 0.6 is 11.8 Å². The van der Waals surface area contributed by atoms with Crippen LogP contribution in [0.4, 0.5) is 4.39 Å². The zero-order chi connectivity index (χ0) is 13.1. The molecule has 0 spiro atoms. The fraction of sp³-hybridized carbons (Fsp3) is 0.692. The summed E-state index contributed by atoms with van der Waals surface area (Å²) in [6.07, 6.45) is 5.78. The van der Waals surface area contributed by atoms with Crippen molar-refractivity contribution in [3.05, 3.63) is 18.2 Å². The Kier molecular flexibility index (Phi) is 4.18. The predicted molar refractivity (Wildman–Crippen MR) is 72.9 cm³/mol. The lowest BCUT2D eigenvalue weighted by molar-refractivity contribution is 0.0752. The standard InChI is InChI=1S/C13H18FN3OS/c14-10-7-15-13(16-8-10)18-12-1-4-17(5-2-12)11-3-6-19-9-11/h7-8,11-12H,1-6,9H2. The number of halogens is 1. The van der Waals surface area contributed by atoms with Gasteiger partial charge in [0.05, 0.1) is 12.4 Å². The van der Waals surface area contributed by atoms with E-state index in [2.05, 4.69) is 26.6 Å². The first-order chi connectivity index (χ1) is 9.31. The fourth-order valence-corrected chi connectivity index (χ4v) is 3.93. The number of hydrogen-bond acceptors (Lipinski definition) is 5. The number of rotatable bonds is 3. The summed E-state index contributed by atoms with van der Waals surface area (Å²) in [5.41, 5.74) is 0. The van der Waals surface area contributed by atoms with Crippen molar-refractivity contribution in [2.75, 3.05) is 24.6 Å². The number of thioether (sulfide) groups is 1. The monoisotopic (exact) mass is 283 g/mol. The van der Waals surface area contributed by atoms with Gasteiger partial charge in [-0.1, -0.05) is 0 Å². The Balaban J connectivity index is 1.48. The minimum Gasteiger partial charge on any atom is -0.460 e. The highest BCUT2D eigenvalue weighted by Gasteiger charge is 2.28. The van der Waals surface area contributed by atoms with Crippen LogP contribution in [0.5, 0.6) is 6.01 Å². The van der Waals surface area contributed by atoms with Crippen molar-refractivity contribution in [2.45, 2.75) is 31.4 Å². The highest BCUT2D eigenvalue weighted by molar-refractivity contribution is 7.99.